The van der Waals surface area contributed by atoms with Crippen molar-refractivity contribution in [2.24, 2.45) is 0 Å². The minimum Gasteiger partial charge on any atom is -0.198 e. The molecule has 0 aliphatic rings. The Kier molecular flexibility index (Phi) is 14.1. The van der Waals surface area contributed by atoms with Crippen LogP contribution in [0, 0.1) is 0 Å². The second-order valence-electron chi connectivity index (χ2n) is 8.84. The number of H-pyrrole nitrogens is 4. The number of nitrogens with one attached hydrogen (secondary N) is 4. The maximum Gasteiger partial charge on any atom is 0.0690 e. The SMILES string of the molecule is c1ccc(C(=C(c2ccccc2)c2ccccc2)c2ccccc2)cc1.c1cn[nH]n1.c1cn[nH]n1.c1cn[nH]n1.c1cn[nH]n1. The number of hydrogen-bond donors (Lipinski definition) is 4. The Morgan fingerprint density at radius 1 is 0.261 bits per heavy atom. The fourth-order valence-electron chi connectivity index (χ4n) is 4.00. The standard InChI is InChI=1S/C26H20.4C2H3N3/c1-5-13-21(14-6-1)25(22-15-7-2-8-16-22)26(23-17-9-3-10-18-23)24-19-11-4-12-20-24;4*1-2-4-5-3-1/h1-20H;4*1-2H,(H,3,4,5). The first-order valence-corrected chi connectivity index (χ1v) is 14.1. The molecule has 0 saturated carbocycles. The number of benzene rings is 4. The van der Waals surface area contributed by atoms with Crippen LogP contribution in [-0.2, 0) is 0 Å². The van der Waals surface area contributed by atoms with Gasteiger partial charge in [0.25, 0.3) is 0 Å². The maximum atomic E-state index is 3.49. The number of rotatable bonds is 4. The average molecular weight is 609 g/mol. The van der Waals surface area contributed by atoms with Gasteiger partial charge < -0.3 is 0 Å². The van der Waals surface area contributed by atoms with Gasteiger partial charge in [0.1, 0.15) is 0 Å². The summed E-state index contributed by atoms with van der Waals surface area (Å²) in [5.41, 5.74) is 7.40. The quantitative estimate of drug-likeness (QED) is 0.179. The zero-order valence-corrected chi connectivity index (χ0v) is 24.7. The van der Waals surface area contributed by atoms with Crippen LogP contribution in [0.3, 0.4) is 0 Å². The third-order valence-electron chi connectivity index (χ3n) is 5.82. The van der Waals surface area contributed by atoms with Crippen molar-refractivity contribution in [2.45, 2.75) is 0 Å². The van der Waals surface area contributed by atoms with Gasteiger partial charge in [-0.2, -0.15) is 61.6 Å². The molecule has 0 bridgehead atoms. The second-order valence-corrected chi connectivity index (χ2v) is 8.84. The first-order valence-electron chi connectivity index (χ1n) is 14.1. The minimum absolute atomic E-state index is 1.22. The Morgan fingerprint density at radius 3 is 0.565 bits per heavy atom. The van der Waals surface area contributed by atoms with Crippen LogP contribution >= 0.6 is 0 Å². The molecule has 0 radical (unpaired) electrons. The Balaban J connectivity index is 0.000000190. The molecule has 4 aromatic carbocycles. The van der Waals surface area contributed by atoms with Gasteiger partial charge in [-0.15, -0.1) is 0 Å². The highest BCUT2D eigenvalue weighted by Crippen LogP contribution is 2.36. The highest BCUT2D eigenvalue weighted by Gasteiger charge is 2.15. The molecule has 0 aliphatic carbocycles. The summed E-state index contributed by atoms with van der Waals surface area (Å²) in [5.74, 6) is 0. The molecule has 0 atom stereocenters. The lowest BCUT2D eigenvalue weighted by molar-refractivity contribution is 0.940. The second kappa shape index (κ2) is 20.1. The van der Waals surface area contributed by atoms with E-state index in [9.17, 15) is 0 Å². The van der Waals surface area contributed by atoms with E-state index in [1.807, 2.05) is 0 Å². The summed E-state index contributed by atoms with van der Waals surface area (Å²) in [5, 5.41) is 37.3. The van der Waals surface area contributed by atoms with Crippen LogP contribution in [0.1, 0.15) is 22.3 Å². The van der Waals surface area contributed by atoms with Crippen LogP contribution in [0.5, 0.6) is 0 Å². The lowest BCUT2D eigenvalue weighted by Crippen LogP contribution is -1.97. The highest BCUT2D eigenvalue weighted by molar-refractivity contribution is 6.04. The zero-order chi connectivity index (χ0) is 31.7. The molecule has 4 heterocycles. The van der Waals surface area contributed by atoms with Crippen molar-refractivity contribution in [3.63, 3.8) is 0 Å². The molecular formula is C34H32N12. The van der Waals surface area contributed by atoms with Crippen LogP contribution in [0.2, 0.25) is 0 Å². The van der Waals surface area contributed by atoms with Crippen molar-refractivity contribution in [3.05, 3.63) is 193 Å². The summed E-state index contributed by atoms with van der Waals surface area (Å²) in [6, 6.07) is 42.6. The average Bonchev–Trinajstić information content (AvgIpc) is 3.99. The van der Waals surface area contributed by atoms with Crippen LogP contribution in [0.15, 0.2) is 171 Å². The van der Waals surface area contributed by atoms with Crippen molar-refractivity contribution in [3.8, 4) is 0 Å². The first kappa shape index (κ1) is 32.1. The van der Waals surface area contributed by atoms with E-state index in [1.54, 1.807) is 49.6 Å². The summed E-state index contributed by atoms with van der Waals surface area (Å²) >= 11 is 0. The van der Waals surface area contributed by atoms with E-state index in [2.05, 4.69) is 183 Å². The first-order chi connectivity index (χ1) is 22.9. The van der Waals surface area contributed by atoms with Gasteiger partial charge >= 0.3 is 0 Å². The van der Waals surface area contributed by atoms with E-state index in [0.29, 0.717) is 0 Å². The summed E-state index contributed by atoms with van der Waals surface area (Å²) < 4.78 is 0. The van der Waals surface area contributed by atoms with Crippen LogP contribution < -0.4 is 0 Å². The van der Waals surface area contributed by atoms with Gasteiger partial charge in [0.15, 0.2) is 0 Å². The Morgan fingerprint density at radius 2 is 0.435 bits per heavy atom. The summed E-state index contributed by atoms with van der Waals surface area (Å²) in [6.45, 7) is 0. The molecule has 46 heavy (non-hydrogen) atoms. The molecule has 0 unspecified atom stereocenters. The molecule has 8 rings (SSSR count). The van der Waals surface area contributed by atoms with Gasteiger partial charge in [0.2, 0.25) is 0 Å². The maximum absolute atomic E-state index is 3.49. The molecule has 0 amide bonds. The van der Waals surface area contributed by atoms with Gasteiger partial charge in [-0.25, -0.2) is 0 Å². The van der Waals surface area contributed by atoms with E-state index in [-0.39, 0.29) is 0 Å². The molecule has 4 aromatic heterocycles. The third-order valence-corrected chi connectivity index (χ3v) is 5.82. The summed E-state index contributed by atoms with van der Waals surface area (Å²) in [4.78, 5) is 0. The third kappa shape index (κ3) is 11.5. The van der Waals surface area contributed by atoms with E-state index >= 15 is 0 Å². The van der Waals surface area contributed by atoms with Gasteiger partial charge in [0, 0.05) is 0 Å². The highest BCUT2D eigenvalue weighted by atomic mass is 15.3. The predicted octanol–water partition coefficient (Wildman–Crippen LogP) is 5.91. The molecule has 228 valence electrons. The molecule has 0 saturated heterocycles. The van der Waals surface area contributed by atoms with Crippen molar-refractivity contribution >= 4 is 11.1 Å². The van der Waals surface area contributed by atoms with E-state index in [1.165, 1.54) is 33.4 Å². The normalized spacial score (nSPS) is 9.30. The minimum atomic E-state index is 1.22. The van der Waals surface area contributed by atoms with Crippen LogP contribution in [0.4, 0.5) is 0 Å². The van der Waals surface area contributed by atoms with E-state index < -0.39 is 0 Å². The fourth-order valence-corrected chi connectivity index (χ4v) is 4.00. The van der Waals surface area contributed by atoms with Crippen molar-refractivity contribution in [1.29, 1.82) is 0 Å². The van der Waals surface area contributed by atoms with Crippen molar-refractivity contribution in [1.82, 2.24) is 61.6 Å². The number of nitrogens with zero attached hydrogens (tertiary/aromatic N) is 8. The molecule has 8 aromatic rings. The number of hydrogen-bond acceptors (Lipinski definition) is 8. The molecule has 12 heteroatoms. The summed E-state index contributed by atoms with van der Waals surface area (Å²) in [7, 11) is 0. The molecule has 4 N–H and O–H groups in total. The number of aromatic amines is 4. The smallest absolute Gasteiger partial charge is 0.0690 e. The Hall–Kier alpha value is -6.82. The lowest BCUT2D eigenvalue weighted by Gasteiger charge is -2.18. The lowest BCUT2D eigenvalue weighted by atomic mass is 9.86. The van der Waals surface area contributed by atoms with Crippen LogP contribution in [-0.4, -0.2) is 61.6 Å². The van der Waals surface area contributed by atoms with E-state index in [4.69, 9.17) is 0 Å². The topological polar surface area (TPSA) is 166 Å². The van der Waals surface area contributed by atoms with Gasteiger partial charge in [-0.1, -0.05) is 121 Å². The Labute approximate surface area is 265 Å². The largest absolute Gasteiger partial charge is 0.198 e. The van der Waals surface area contributed by atoms with E-state index in [0.717, 1.165) is 0 Å². The van der Waals surface area contributed by atoms with Crippen LogP contribution in [0.25, 0.3) is 11.1 Å². The fraction of sp³-hybridized carbons (Fsp3) is 0. The predicted molar refractivity (Wildman–Crippen MR) is 176 cm³/mol. The molecule has 0 aliphatic heterocycles. The monoisotopic (exact) mass is 608 g/mol. The number of aromatic nitrogens is 12. The van der Waals surface area contributed by atoms with Crippen molar-refractivity contribution < 1.29 is 0 Å². The Bertz CT molecular complexity index is 1450. The van der Waals surface area contributed by atoms with Crippen molar-refractivity contribution in [2.75, 3.05) is 0 Å². The van der Waals surface area contributed by atoms with Gasteiger partial charge in [-0.05, 0) is 33.4 Å². The molecule has 12 nitrogen and oxygen atoms in total. The molecule has 0 fully saturated rings. The molecular weight excluding hydrogens is 576 g/mol. The zero-order valence-electron chi connectivity index (χ0n) is 24.7. The van der Waals surface area contributed by atoms with Gasteiger partial charge in [0.05, 0.1) is 49.6 Å². The summed E-state index contributed by atoms with van der Waals surface area (Å²) in [6.07, 6.45) is 12.7. The molecule has 0 spiro atoms. The van der Waals surface area contributed by atoms with Gasteiger partial charge in [-0.3, -0.25) is 0 Å².